The van der Waals surface area contributed by atoms with E-state index >= 15 is 0 Å². The van der Waals surface area contributed by atoms with Gasteiger partial charge in [-0.3, -0.25) is 4.40 Å². The van der Waals surface area contributed by atoms with Crippen LogP contribution in [-0.2, 0) is 0 Å². The predicted octanol–water partition coefficient (Wildman–Crippen LogP) is -0.0776. The molecule has 1 fully saturated rings. The lowest BCUT2D eigenvalue weighted by molar-refractivity contribution is 0.482. The molecule has 16 heavy (non-hydrogen) atoms. The molecule has 0 aliphatic carbocycles. The number of piperazine rings is 1. The van der Waals surface area contributed by atoms with E-state index in [1.807, 2.05) is 10.6 Å². The Labute approximate surface area is 93.3 Å². The molecule has 0 bridgehead atoms. The molecule has 2 aromatic rings. The number of anilines is 1. The third-order valence-electron chi connectivity index (χ3n) is 2.87. The molecule has 0 saturated carbocycles. The summed E-state index contributed by atoms with van der Waals surface area (Å²) in [4.78, 5) is 6.67. The smallest absolute Gasteiger partial charge is 0.203 e. The number of rotatable bonds is 1. The van der Waals surface area contributed by atoms with Crippen LogP contribution in [0, 0.1) is 0 Å². The molecule has 6 heteroatoms. The maximum atomic E-state index is 4.41. The Bertz CT molecular complexity index is 493. The van der Waals surface area contributed by atoms with Gasteiger partial charge in [0.15, 0.2) is 5.82 Å². The quantitative estimate of drug-likeness (QED) is 0.725. The highest BCUT2D eigenvalue weighted by Gasteiger charge is 2.19. The molecular formula is C10H14N6. The second kappa shape index (κ2) is 3.71. The van der Waals surface area contributed by atoms with E-state index in [-0.39, 0.29) is 0 Å². The van der Waals surface area contributed by atoms with Crippen LogP contribution >= 0.6 is 0 Å². The number of fused-ring (bicyclic) bond motifs is 1. The average Bonchev–Trinajstić information content (AvgIpc) is 2.76. The number of nitrogens with zero attached hydrogens (tertiary/aromatic N) is 5. The van der Waals surface area contributed by atoms with Crippen LogP contribution in [0.4, 0.5) is 5.82 Å². The lowest BCUT2D eigenvalue weighted by atomic mass is 10.2. The van der Waals surface area contributed by atoms with Crippen molar-refractivity contribution in [1.29, 1.82) is 0 Å². The number of hydrogen-bond acceptors (Lipinski definition) is 5. The lowest BCUT2D eigenvalue weighted by Crippen LogP contribution is -2.49. The van der Waals surface area contributed by atoms with Gasteiger partial charge in [-0.05, 0) is 6.92 Å². The van der Waals surface area contributed by atoms with Crippen LogP contribution in [-0.4, -0.2) is 45.3 Å². The summed E-state index contributed by atoms with van der Waals surface area (Å²) in [6, 6.07) is 0.485. The maximum Gasteiger partial charge on any atom is 0.203 e. The molecule has 0 aromatic carbocycles. The Morgan fingerprint density at radius 3 is 3.31 bits per heavy atom. The van der Waals surface area contributed by atoms with Gasteiger partial charge in [-0.15, -0.1) is 10.2 Å². The fourth-order valence-corrected chi connectivity index (χ4v) is 2.09. The van der Waals surface area contributed by atoms with Crippen molar-refractivity contribution in [2.75, 3.05) is 24.5 Å². The number of nitrogens with one attached hydrogen (secondary N) is 1. The summed E-state index contributed by atoms with van der Waals surface area (Å²) in [5, 5.41) is 11.4. The van der Waals surface area contributed by atoms with Crippen molar-refractivity contribution in [1.82, 2.24) is 24.9 Å². The molecule has 84 valence electrons. The summed E-state index contributed by atoms with van der Waals surface area (Å²) in [6.07, 6.45) is 5.36. The van der Waals surface area contributed by atoms with Gasteiger partial charge in [-0.1, -0.05) is 0 Å². The molecule has 6 nitrogen and oxygen atoms in total. The van der Waals surface area contributed by atoms with Crippen LogP contribution < -0.4 is 10.2 Å². The van der Waals surface area contributed by atoms with Crippen LogP contribution in [0.15, 0.2) is 18.7 Å². The molecule has 2 aromatic heterocycles. The normalized spacial score (nSPS) is 21.6. The molecule has 3 heterocycles. The monoisotopic (exact) mass is 218 g/mol. The van der Waals surface area contributed by atoms with E-state index in [1.54, 1.807) is 12.5 Å². The van der Waals surface area contributed by atoms with Gasteiger partial charge in [0.1, 0.15) is 6.33 Å². The first kappa shape index (κ1) is 9.53. The van der Waals surface area contributed by atoms with Crippen molar-refractivity contribution in [2.45, 2.75) is 13.0 Å². The van der Waals surface area contributed by atoms with Crippen molar-refractivity contribution in [3.8, 4) is 0 Å². The SMILES string of the molecule is C[C@@H]1CN(c2nccn3cnnc23)CCN1. The molecule has 0 amide bonds. The summed E-state index contributed by atoms with van der Waals surface area (Å²) >= 11 is 0. The minimum absolute atomic E-state index is 0.485. The van der Waals surface area contributed by atoms with E-state index in [0.29, 0.717) is 6.04 Å². The van der Waals surface area contributed by atoms with Crippen molar-refractivity contribution in [3.05, 3.63) is 18.7 Å². The molecule has 0 unspecified atom stereocenters. The summed E-state index contributed by atoms with van der Waals surface area (Å²) in [6.45, 7) is 5.08. The molecule has 3 rings (SSSR count). The van der Waals surface area contributed by atoms with E-state index in [4.69, 9.17) is 0 Å². The first-order chi connectivity index (χ1) is 7.84. The fraction of sp³-hybridized carbons (Fsp3) is 0.500. The van der Waals surface area contributed by atoms with E-state index in [0.717, 1.165) is 31.1 Å². The molecule has 1 aliphatic heterocycles. The van der Waals surface area contributed by atoms with Gasteiger partial charge < -0.3 is 10.2 Å². The first-order valence-corrected chi connectivity index (χ1v) is 5.47. The Kier molecular flexibility index (Phi) is 2.21. The fourth-order valence-electron chi connectivity index (χ4n) is 2.09. The molecule has 1 atom stereocenters. The Hall–Kier alpha value is -1.69. The molecule has 1 N–H and O–H groups in total. The van der Waals surface area contributed by atoms with Crippen molar-refractivity contribution < 1.29 is 0 Å². The van der Waals surface area contributed by atoms with Crippen molar-refractivity contribution in [2.24, 2.45) is 0 Å². The minimum atomic E-state index is 0.485. The van der Waals surface area contributed by atoms with Gasteiger partial charge in [0.25, 0.3) is 0 Å². The van der Waals surface area contributed by atoms with Crippen LogP contribution in [0.2, 0.25) is 0 Å². The predicted molar refractivity (Wildman–Crippen MR) is 60.5 cm³/mol. The number of hydrogen-bond donors (Lipinski definition) is 1. The van der Waals surface area contributed by atoms with E-state index in [9.17, 15) is 0 Å². The average molecular weight is 218 g/mol. The third kappa shape index (κ3) is 1.51. The second-order valence-corrected chi connectivity index (χ2v) is 4.11. The lowest BCUT2D eigenvalue weighted by Gasteiger charge is -2.32. The van der Waals surface area contributed by atoms with Gasteiger partial charge in [0, 0.05) is 38.1 Å². The van der Waals surface area contributed by atoms with Crippen LogP contribution in [0.25, 0.3) is 5.65 Å². The Morgan fingerprint density at radius 2 is 2.44 bits per heavy atom. The Morgan fingerprint density at radius 1 is 1.50 bits per heavy atom. The van der Waals surface area contributed by atoms with Crippen LogP contribution in [0.5, 0.6) is 0 Å². The molecule has 1 saturated heterocycles. The zero-order valence-corrected chi connectivity index (χ0v) is 9.17. The highest BCUT2D eigenvalue weighted by Crippen LogP contribution is 2.17. The van der Waals surface area contributed by atoms with Crippen LogP contribution in [0.1, 0.15) is 6.92 Å². The summed E-state index contributed by atoms with van der Waals surface area (Å²) in [7, 11) is 0. The Balaban J connectivity index is 2.01. The van der Waals surface area contributed by atoms with Gasteiger partial charge in [0.05, 0.1) is 0 Å². The third-order valence-corrected chi connectivity index (χ3v) is 2.87. The van der Waals surface area contributed by atoms with Gasteiger partial charge in [-0.25, -0.2) is 4.98 Å². The minimum Gasteiger partial charge on any atom is -0.351 e. The summed E-state index contributed by atoms with van der Waals surface area (Å²) < 4.78 is 1.90. The van der Waals surface area contributed by atoms with E-state index < -0.39 is 0 Å². The van der Waals surface area contributed by atoms with Gasteiger partial charge in [0.2, 0.25) is 5.65 Å². The zero-order chi connectivity index (χ0) is 11.0. The standard InChI is InChI=1S/C10H14N6/c1-8-6-15(4-2-11-8)9-10-14-13-7-16(10)5-3-12-9/h3,5,7-8,11H,2,4,6H2,1H3/t8-/m1/s1. The van der Waals surface area contributed by atoms with Crippen molar-refractivity contribution in [3.63, 3.8) is 0 Å². The molecular weight excluding hydrogens is 204 g/mol. The number of aromatic nitrogens is 4. The largest absolute Gasteiger partial charge is 0.351 e. The van der Waals surface area contributed by atoms with Crippen LogP contribution in [0.3, 0.4) is 0 Å². The molecule has 0 spiro atoms. The summed E-state index contributed by atoms with van der Waals surface area (Å²) in [5.74, 6) is 0.924. The molecule has 1 aliphatic rings. The molecule has 0 radical (unpaired) electrons. The van der Waals surface area contributed by atoms with Gasteiger partial charge in [-0.2, -0.15) is 0 Å². The highest BCUT2D eigenvalue weighted by molar-refractivity contribution is 5.63. The van der Waals surface area contributed by atoms with Gasteiger partial charge >= 0.3 is 0 Å². The zero-order valence-electron chi connectivity index (χ0n) is 9.17. The maximum absolute atomic E-state index is 4.41. The highest BCUT2D eigenvalue weighted by atomic mass is 15.3. The second-order valence-electron chi connectivity index (χ2n) is 4.11. The van der Waals surface area contributed by atoms with E-state index in [1.165, 1.54) is 0 Å². The topological polar surface area (TPSA) is 58.4 Å². The van der Waals surface area contributed by atoms with E-state index in [2.05, 4.69) is 32.3 Å². The summed E-state index contributed by atoms with van der Waals surface area (Å²) in [5.41, 5.74) is 0.830. The van der Waals surface area contributed by atoms with Crippen molar-refractivity contribution >= 4 is 11.5 Å². The first-order valence-electron chi connectivity index (χ1n) is 5.47.